The van der Waals surface area contributed by atoms with Crippen molar-refractivity contribution in [3.05, 3.63) is 95.3 Å². The molecule has 0 unspecified atom stereocenters. The number of hydrogen-bond donors (Lipinski definition) is 4. The molecule has 0 spiro atoms. The zero-order valence-electron chi connectivity index (χ0n) is 26.3. The monoisotopic (exact) mass is 664 g/mol. The molecule has 1 saturated carbocycles. The molecule has 0 radical (unpaired) electrons. The van der Waals surface area contributed by atoms with Crippen LogP contribution in [-0.2, 0) is 9.59 Å². The number of carbonyl (C=O) groups excluding carboxylic acids is 4. The molecule has 1 atom stereocenters. The number of urea groups is 1. The van der Waals surface area contributed by atoms with Gasteiger partial charge in [-0.05, 0) is 84.3 Å². The topological polar surface area (TPSA) is 178 Å². The molecule has 3 aromatic carbocycles. The first-order valence-electron chi connectivity index (χ1n) is 16.1. The van der Waals surface area contributed by atoms with E-state index in [4.69, 9.17) is 0 Å². The molecule has 4 aromatic rings. The Balaban J connectivity index is 1.17. The summed E-state index contributed by atoms with van der Waals surface area (Å²) in [6, 6.07) is 18.2. The van der Waals surface area contributed by atoms with E-state index in [-0.39, 0.29) is 40.9 Å². The van der Waals surface area contributed by atoms with Crippen LogP contribution in [0.15, 0.2) is 77.8 Å². The van der Waals surface area contributed by atoms with E-state index in [0.717, 1.165) is 25.7 Å². The molecule has 2 bridgehead atoms. The van der Waals surface area contributed by atoms with Crippen LogP contribution in [0.25, 0.3) is 0 Å². The van der Waals surface area contributed by atoms with Gasteiger partial charge in [-0.15, -0.1) is 0 Å². The van der Waals surface area contributed by atoms with E-state index in [1.54, 1.807) is 54.6 Å². The highest BCUT2D eigenvalue weighted by Crippen LogP contribution is 2.34. The standard InChI is InChI=1S/C34H33FN10O4/c35-26-10-3-1-8-24(26)29-25-9-2-4-11-27(25)45(19-28(46)44-17-20-12-13-21(18-44)15-14-20)32(48)30(37-29)38-34(49)36-23-7-5-6-22(16-23)31(47)39-33-40-42-43-41-33/h1-11,16,20-21,30H,12-15,17-19H2,(H2,36,38,49)(H2,39,40,41,42,43,47)/t20?,21?,30-/m0/s1. The second-order valence-electron chi connectivity index (χ2n) is 12.4. The molecule has 1 aromatic heterocycles. The number of aliphatic imine (C=N–C) groups is 1. The molecule has 4 aliphatic rings. The van der Waals surface area contributed by atoms with Crippen LogP contribution in [0.1, 0.15) is 47.2 Å². The number of amides is 5. The Kier molecular flexibility index (Phi) is 8.79. The first-order chi connectivity index (χ1) is 23.8. The second-order valence-corrected chi connectivity index (χ2v) is 12.4. The maximum Gasteiger partial charge on any atom is 0.321 e. The Morgan fingerprint density at radius 2 is 1.59 bits per heavy atom. The van der Waals surface area contributed by atoms with Crippen molar-refractivity contribution >= 4 is 46.8 Å². The molecule has 4 N–H and O–H groups in total. The van der Waals surface area contributed by atoms with Gasteiger partial charge in [0.15, 0.2) is 0 Å². The minimum absolute atomic E-state index is 0.0451. The van der Waals surface area contributed by atoms with Gasteiger partial charge < -0.3 is 15.5 Å². The van der Waals surface area contributed by atoms with Crippen molar-refractivity contribution in [2.75, 3.05) is 35.2 Å². The lowest BCUT2D eigenvalue weighted by molar-refractivity contribution is -0.132. The highest BCUT2D eigenvalue weighted by molar-refractivity contribution is 6.21. The number of hydrogen-bond acceptors (Lipinski definition) is 8. The third kappa shape index (κ3) is 6.86. The highest BCUT2D eigenvalue weighted by Gasteiger charge is 2.37. The van der Waals surface area contributed by atoms with Gasteiger partial charge in [0.1, 0.15) is 12.4 Å². The second kappa shape index (κ2) is 13.6. The number of nitrogens with zero attached hydrogens (tertiary/aromatic N) is 6. The predicted molar refractivity (Wildman–Crippen MR) is 177 cm³/mol. The first kappa shape index (κ1) is 31.6. The number of aromatic nitrogens is 4. The minimum Gasteiger partial charge on any atom is -0.341 e. The maximum atomic E-state index is 15.3. The summed E-state index contributed by atoms with van der Waals surface area (Å²) in [5, 5.41) is 20.6. The summed E-state index contributed by atoms with van der Waals surface area (Å²) in [7, 11) is 0. The number of halogens is 1. The molecule has 15 heteroatoms. The van der Waals surface area contributed by atoms with Gasteiger partial charge in [-0.1, -0.05) is 41.5 Å². The molecule has 5 amide bonds. The van der Waals surface area contributed by atoms with E-state index in [1.807, 2.05) is 4.90 Å². The first-order valence-corrected chi connectivity index (χ1v) is 16.1. The van der Waals surface area contributed by atoms with Crippen LogP contribution in [0.4, 0.5) is 26.5 Å². The number of para-hydroxylation sites is 1. The smallest absolute Gasteiger partial charge is 0.321 e. The summed E-state index contributed by atoms with van der Waals surface area (Å²) in [5.41, 5.74) is 1.54. The lowest BCUT2D eigenvalue weighted by Gasteiger charge is -2.29. The zero-order valence-corrected chi connectivity index (χ0v) is 26.3. The van der Waals surface area contributed by atoms with Gasteiger partial charge in [-0.2, -0.15) is 0 Å². The van der Waals surface area contributed by atoms with Gasteiger partial charge in [0.2, 0.25) is 18.0 Å². The Morgan fingerprint density at radius 3 is 2.31 bits per heavy atom. The molecule has 49 heavy (non-hydrogen) atoms. The van der Waals surface area contributed by atoms with Gasteiger partial charge in [0, 0.05) is 35.5 Å². The molecule has 8 rings (SSSR count). The number of fused-ring (bicyclic) bond motifs is 5. The molecule has 14 nitrogen and oxygen atoms in total. The van der Waals surface area contributed by atoms with Crippen molar-refractivity contribution in [2.24, 2.45) is 16.8 Å². The van der Waals surface area contributed by atoms with E-state index < -0.39 is 29.8 Å². The Hall–Kier alpha value is -5.99. The number of anilines is 3. The van der Waals surface area contributed by atoms with Crippen molar-refractivity contribution in [1.82, 2.24) is 30.8 Å². The predicted octanol–water partition coefficient (Wildman–Crippen LogP) is 3.57. The van der Waals surface area contributed by atoms with Crippen molar-refractivity contribution in [2.45, 2.75) is 31.8 Å². The molecule has 3 fully saturated rings. The number of rotatable bonds is 7. The van der Waals surface area contributed by atoms with Crippen LogP contribution in [0, 0.1) is 17.7 Å². The van der Waals surface area contributed by atoms with E-state index in [9.17, 15) is 19.2 Å². The summed E-state index contributed by atoms with van der Waals surface area (Å²) >= 11 is 0. The lowest BCUT2D eigenvalue weighted by Crippen LogP contribution is -2.51. The number of benzodiazepines with no additional fused rings is 1. The summed E-state index contributed by atoms with van der Waals surface area (Å²) in [6.07, 6.45) is 2.84. The number of nitrogens with one attached hydrogen (secondary N) is 4. The molecule has 3 aliphatic heterocycles. The van der Waals surface area contributed by atoms with Crippen LogP contribution >= 0.6 is 0 Å². The third-order valence-corrected chi connectivity index (χ3v) is 9.13. The number of carbonyl (C=O) groups is 4. The van der Waals surface area contributed by atoms with Crippen LogP contribution in [-0.4, -0.2) is 80.8 Å². The number of tetrazole rings is 1. The van der Waals surface area contributed by atoms with E-state index in [1.165, 1.54) is 23.1 Å². The van der Waals surface area contributed by atoms with Gasteiger partial charge in [0.05, 0.1) is 11.4 Å². The van der Waals surface area contributed by atoms with Gasteiger partial charge >= 0.3 is 6.03 Å². The quantitative estimate of drug-likeness (QED) is 0.233. The van der Waals surface area contributed by atoms with E-state index >= 15 is 4.39 Å². The highest BCUT2D eigenvalue weighted by atomic mass is 19.1. The van der Waals surface area contributed by atoms with Gasteiger partial charge in [-0.25, -0.2) is 19.3 Å². The molecule has 1 aliphatic carbocycles. The Labute approximate surface area is 280 Å². The van der Waals surface area contributed by atoms with Crippen molar-refractivity contribution in [1.29, 1.82) is 0 Å². The number of benzene rings is 3. The van der Waals surface area contributed by atoms with E-state index in [0.29, 0.717) is 36.2 Å². The summed E-state index contributed by atoms with van der Waals surface area (Å²) < 4.78 is 15.3. The van der Waals surface area contributed by atoms with E-state index in [2.05, 4.69) is 41.6 Å². The average Bonchev–Trinajstić information content (AvgIpc) is 3.38. The fourth-order valence-electron chi connectivity index (χ4n) is 6.71. The number of H-pyrrole nitrogens is 1. The maximum absolute atomic E-state index is 15.3. The van der Waals surface area contributed by atoms with Crippen LogP contribution in [0.3, 0.4) is 0 Å². The summed E-state index contributed by atoms with van der Waals surface area (Å²) in [6.45, 7) is 1.02. The molecule has 2 saturated heterocycles. The average molecular weight is 665 g/mol. The van der Waals surface area contributed by atoms with Crippen LogP contribution in [0.2, 0.25) is 0 Å². The SMILES string of the molecule is O=C(Nc1cccc(C(=O)Nc2nnn[nH]2)c1)N[C@@H]1N=C(c2ccccc2F)c2ccccc2N(CC(=O)N2CC3CCC(CC3)C2)C1=O. The van der Waals surface area contributed by atoms with Gasteiger partial charge in [-0.3, -0.25) is 24.6 Å². The van der Waals surface area contributed by atoms with Crippen LogP contribution in [0.5, 0.6) is 0 Å². The Morgan fingerprint density at radius 1 is 0.878 bits per heavy atom. The zero-order chi connectivity index (χ0) is 33.9. The van der Waals surface area contributed by atoms with Crippen LogP contribution < -0.4 is 20.9 Å². The fraction of sp³-hybridized carbons (Fsp3) is 0.294. The van der Waals surface area contributed by atoms with Gasteiger partial charge in [0.25, 0.3) is 11.8 Å². The normalized spacial score (nSPS) is 20.1. The van der Waals surface area contributed by atoms with Crippen molar-refractivity contribution in [3.8, 4) is 0 Å². The largest absolute Gasteiger partial charge is 0.341 e. The van der Waals surface area contributed by atoms with Crippen molar-refractivity contribution in [3.63, 3.8) is 0 Å². The molecular formula is C34H33FN10O4. The third-order valence-electron chi connectivity index (χ3n) is 9.13. The molecule has 4 heterocycles. The lowest BCUT2D eigenvalue weighted by atomic mass is 9.84. The molecular weight excluding hydrogens is 631 g/mol. The van der Waals surface area contributed by atoms with Crippen molar-refractivity contribution < 1.29 is 23.6 Å². The summed E-state index contributed by atoms with van der Waals surface area (Å²) in [4.78, 5) is 62.1. The Bertz CT molecular complexity index is 1910. The fourth-order valence-corrected chi connectivity index (χ4v) is 6.71. The minimum atomic E-state index is -1.53. The molecule has 250 valence electrons. The number of aromatic amines is 1. The summed E-state index contributed by atoms with van der Waals surface area (Å²) in [5.74, 6) is -1.03.